The van der Waals surface area contributed by atoms with E-state index in [1.54, 1.807) is 19.2 Å². The Bertz CT molecular complexity index is 475. The minimum Gasteiger partial charge on any atom is -0.382 e. The van der Waals surface area contributed by atoms with E-state index < -0.39 is 0 Å². The molecule has 0 aromatic heterocycles. The summed E-state index contributed by atoms with van der Waals surface area (Å²) < 4.78 is 18.7. The molecule has 0 aliphatic heterocycles. The van der Waals surface area contributed by atoms with Gasteiger partial charge in [0.1, 0.15) is 5.82 Å². The molecule has 0 heterocycles. The van der Waals surface area contributed by atoms with Crippen LogP contribution < -0.4 is 10.6 Å². The summed E-state index contributed by atoms with van der Waals surface area (Å²) in [5, 5.41) is 6.54. The molecule has 0 fully saturated rings. The second-order valence-corrected chi connectivity index (χ2v) is 5.80. The molecule has 124 valence electrons. The molecule has 1 aromatic carbocycles. The molecule has 1 rings (SSSR count). The van der Waals surface area contributed by atoms with E-state index in [0.717, 1.165) is 37.7 Å². The molecule has 2 N–H and O–H groups in total. The van der Waals surface area contributed by atoms with Crippen LogP contribution in [-0.4, -0.2) is 39.3 Å². The van der Waals surface area contributed by atoms with Crippen molar-refractivity contribution in [1.29, 1.82) is 0 Å². The summed E-state index contributed by atoms with van der Waals surface area (Å²) in [6.45, 7) is 9.11. The Morgan fingerprint density at radius 1 is 1.32 bits per heavy atom. The molecule has 0 saturated heterocycles. The van der Waals surface area contributed by atoms with Crippen LogP contribution in [0.15, 0.2) is 29.3 Å². The molecule has 0 spiro atoms. The average Bonchev–Trinajstić information content (AvgIpc) is 2.50. The fourth-order valence-electron chi connectivity index (χ4n) is 2.06. The van der Waals surface area contributed by atoms with Crippen molar-refractivity contribution in [3.8, 4) is 0 Å². The molecule has 0 aliphatic rings. The largest absolute Gasteiger partial charge is 0.382 e. The van der Waals surface area contributed by atoms with Crippen LogP contribution in [0.5, 0.6) is 0 Å². The number of nitrogens with zero attached hydrogens (tertiary/aromatic N) is 1. The first-order valence-electron chi connectivity index (χ1n) is 7.78. The first-order chi connectivity index (χ1) is 10.5. The van der Waals surface area contributed by atoms with Gasteiger partial charge in [-0.2, -0.15) is 0 Å². The van der Waals surface area contributed by atoms with Crippen LogP contribution in [0.25, 0.3) is 0 Å². The Kier molecular flexibility index (Phi) is 7.88. The van der Waals surface area contributed by atoms with Gasteiger partial charge in [-0.05, 0) is 31.0 Å². The number of ether oxygens (including phenoxy) is 1. The zero-order valence-corrected chi connectivity index (χ0v) is 14.1. The molecule has 0 aliphatic carbocycles. The Balaban J connectivity index is 2.44. The van der Waals surface area contributed by atoms with Crippen LogP contribution in [0.1, 0.15) is 32.8 Å². The lowest BCUT2D eigenvalue weighted by Crippen LogP contribution is -2.43. The van der Waals surface area contributed by atoms with Crippen molar-refractivity contribution in [3.05, 3.63) is 35.6 Å². The second kappa shape index (κ2) is 9.41. The molecule has 0 amide bonds. The van der Waals surface area contributed by atoms with Gasteiger partial charge in [-0.1, -0.05) is 26.0 Å². The molecular weight excluding hydrogens is 281 g/mol. The normalized spacial score (nSPS) is 12.3. The van der Waals surface area contributed by atoms with Gasteiger partial charge in [0.15, 0.2) is 5.96 Å². The summed E-state index contributed by atoms with van der Waals surface area (Å²) in [6, 6.07) is 6.74. The van der Waals surface area contributed by atoms with Crippen LogP contribution in [0.3, 0.4) is 0 Å². The maximum atomic E-state index is 13.4. The van der Waals surface area contributed by atoms with Crippen molar-refractivity contribution >= 4 is 5.96 Å². The molecule has 1 aromatic rings. The van der Waals surface area contributed by atoms with Gasteiger partial charge in [-0.15, -0.1) is 0 Å². The highest BCUT2D eigenvalue weighted by atomic mass is 19.1. The minimum atomic E-state index is -0.205. The monoisotopic (exact) mass is 309 g/mol. The molecular formula is C17H28FN3O. The molecule has 0 atom stereocenters. The number of hydrogen-bond acceptors (Lipinski definition) is 2. The number of benzene rings is 1. The van der Waals surface area contributed by atoms with Gasteiger partial charge in [0, 0.05) is 38.8 Å². The minimum absolute atomic E-state index is 0.189. The van der Waals surface area contributed by atoms with E-state index in [2.05, 4.69) is 29.5 Å². The first kappa shape index (κ1) is 18.4. The van der Waals surface area contributed by atoms with E-state index in [4.69, 9.17) is 4.74 Å². The molecule has 0 radical (unpaired) electrons. The summed E-state index contributed by atoms with van der Waals surface area (Å²) in [5.41, 5.74) is 0.775. The van der Waals surface area contributed by atoms with Gasteiger partial charge in [0.25, 0.3) is 0 Å². The highest BCUT2D eigenvalue weighted by molar-refractivity contribution is 5.79. The van der Waals surface area contributed by atoms with E-state index in [1.807, 2.05) is 13.0 Å². The summed E-state index contributed by atoms with van der Waals surface area (Å²) in [4.78, 5) is 4.20. The smallest absolute Gasteiger partial charge is 0.191 e. The van der Waals surface area contributed by atoms with Crippen molar-refractivity contribution in [2.75, 3.05) is 33.4 Å². The lowest BCUT2D eigenvalue weighted by molar-refractivity contribution is 0.145. The van der Waals surface area contributed by atoms with Gasteiger partial charge < -0.3 is 15.4 Å². The Hall–Kier alpha value is -1.62. The van der Waals surface area contributed by atoms with E-state index >= 15 is 0 Å². The molecule has 0 saturated carbocycles. The SMILES string of the molecule is CCOCCCNC(=NC)NCC(C)(C)c1cccc(F)c1. The van der Waals surface area contributed by atoms with E-state index in [-0.39, 0.29) is 11.2 Å². The number of halogens is 1. The Morgan fingerprint density at radius 2 is 2.09 bits per heavy atom. The standard InChI is InChI=1S/C17H28FN3O/c1-5-22-11-7-10-20-16(19-4)21-13-17(2,3)14-8-6-9-15(18)12-14/h6,8-9,12H,5,7,10-11,13H2,1-4H3,(H2,19,20,21). The van der Waals surface area contributed by atoms with Crippen molar-refractivity contribution in [2.24, 2.45) is 4.99 Å². The maximum absolute atomic E-state index is 13.4. The van der Waals surface area contributed by atoms with E-state index in [1.165, 1.54) is 6.07 Å². The third kappa shape index (κ3) is 6.43. The fourth-order valence-corrected chi connectivity index (χ4v) is 2.06. The lowest BCUT2D eigenvalue weighted by atomic mass is 9.84. The third-order valence-electron chi connectivity index (χ3n) is 3.49. The van der Waals surface area contributed by atoms with Crippen LogP contribution in [0.4, 0.5) is 4.39 Å². The van der Waals surface area contributed by atoms with Crippen LogP contribution >= 0.6 is 0 Å². The molecule has 5 heteroatoms. The highest BCUT2D eigenvalue weighted by Gasteiger charge is 2.21. The number of guanidine groups is 1. The molecule has 0 bridgehead atoms. The van der Waals surface area contributed by atoms with Crippen LogP contribution in [-0.2, 0) is 10.2 Å². The summed E-state index contributed by atoms with van der Waals surface area (Å²) in [7, 11) is 1.74. The van der Waals surface area contributed by atoms with E-state index in [0.29, 0.717) is 6.54 Å². The van der Waals surface area contributed by atoms with E-state index in [9.17, 15) is 4.39 Å². The average molecular weight is 309 g/mol. The quantitative estimate of drug-likeness (QED) is 0.441. The van der Waals surface area contributed by atoms with Crippen LogP contribution in [0, 0.1) is 5.82 Å². The first-order valence-corrected chi connectivity index (χ1v) is 7.78. The lowest BCUT2D eigenvalue weighted by Gasteiger charge is -2.26. The van der Waals surface area contributed by atoms with Gasteiger partial charge in [0.05, 0.1) is 0 Å². The van der Waals surface area contributed by atoms with Crippen molar-refractivity contribution < 1.29 is 9.13 Å². The number of aliphatic imine (C=N–C) groups is 1. The maximum Gasteiger partial charge on any atom is 0.191 e. The van der Waals surface area contributed by atoms with Gasteiger partial charge in [-0.25, -0.2) is 4.39 Å². The van der Waals surface area contributed by atoms with Crippen molar-refractivity contribution in [1.82, 2.24) is 10.6 Å². The number of nitrogens with one attached hydrogen (secondary N) is 2. The summed E-state index contributed by atoms with van der Waals surface area (Å²) in [6.07, 6.45) is 0.932. The van der Waals surface area contributed by atoms with Crippen molar-refractivity contribution in [3.63, 3.8) is 0 Å². The Labute approximate surface area is 133 Å². The van der Waals surface area contributed by atoms with Gasteiger partial charge in [0.2, 0.25) is 0 Å². The topological polar surface area (TPSA) is 45.6 Å². The predicted molar refractivity (Wildman–Crippen MR) is 89.9 cm³/mol. The fraction of sp³-hybridized carbons (Fsp3) is 0.588. The molecule has 0 unspecified atom stereocenters. The molecule has 4 nitrogen and oxygen atoms in total. The highest BCUT2D eigenvalue weighted by Crippen LogP contribution is 2.22. The Morgan fingerprint density at radius 3 is 2.73 bits per heavy atom. The zero-order valence-electron chi connectivity index (χ0n) is 14.1. The van der Waals surface area contributed by atoms with Gasteiger partial charge in [-0.3, -0.25) is 4.99 Å². The summed E-state index contributed by atoms with van der Waals surface area (Å²) >= 11 is 0. The number of rotatable bonds is 8. The number of hydrogen-bond donors (Lipinski definition) is 2. The van der Waals surface area contributed by atoms with Crippen molar-refractivity contribution in [2.45, 2.75) is 32.6 Å². The summed E-state index contributed by atoms with van der Waals surface area (Å²) in [5.74, 6) is 0.546. The second-order valence-electron chi connectivity index (χ2n) is 5.80. The molecule has 22 heavy (non-hydrogen) atoms. The zero-order chi connectivity index (χ0) is 16.4. The predicted octanol–water partition coefficient (Wildman–Crippen LogP) is 2.69. The van der Waals surface area contributed by atoms with Gasteiger partial charge >= 0.3 is 0 Å². The van der Waals surface area contributed by atoms with Crippen LogP contribution in [0.2, 0.25) is 0 Å². The third-order valence-corrected chi connectivity index (χ3v) is 3.49.